The molecule has 0 radical (unpaired) electrons. The Kier molecular flexibility index (Phi) is 3.83. The van der Waals surface area contributed by atoms with E-state index < -0.39 is 0 Å². The van der Waals surface area contributed by atoms with Gasteiger partial charge in [0, 0.05) is 32.2 Å². The summed E-state index contributed by atoms with van der Waals surface area (Å²) in [4.78, 5) is 23.6. The van der Waals surface area contributed by atoms with Crippen LogP contribution in [0.1, 0.15) is 16.2 Å². The van der Waals surface area contributed by atoms with Crippen molar-refractivity contribution in [1.29, 1.82) is 0 Å². The van der Waals surface area contributed by atoms with Crippen molar-refractivity contribution in [2.24, 2.45) is 7.05 Å². The van der Waals surface area contributed by atoms with Gasteiger partial charge in [0.1, 0.15) is 6.54 Å². The van der Waals surface area contributed by atoms with E-state index in [-0.39, 0.29) is 24.1 Å². The SMILES string of the molecule is CNC(=O)c1nn(C)cc1NC(=O)Cn1nccc1C. The molecular weight excluding hydrogens is 260 g/mol. The Morgan fingerprint density at radius 3 is 2.75 bits per heavy atom. The number of rotatable bonds is 4. The average molecular weight is 276 g/mol. The third-order valence-corrected chi connectivity index (χ3v) is 2.77. The highest BCUT2D eigenvalue weighted by Gasteiger charge is 2.17. The number of aryl methyl sites for hydroxylation is 2. The van der Waals surface area contributed by atoms with E-state index in [2.05, 4.69) is 20.8 Å². The molecule has 2 aromatic rings. The number of hydrogen-bond acceptors (Lipinski definition) is 4. The maximum absolute atomic E-state index is 12.0. The van der Waals surface area contributed by atoms with Gasteiger partial charge in [0.05, 0.1) is 5.69 Å². The zero-order valence-corrected chi connectivity index (χ0v) is 11.5. The molecule has 0 unspecified atom stereocenters. The summed E-state index contributed by atoms with van der Waals surface area (Å²) in [5.41, 5.74) is 1.44. The summed E-state index contributed by atoms with van der Waals surface area (Å²) in [6, 6.07) is 1.81. The summed E-state index contributed by atoms with van der Waals surface area (Å²) in [5.74, 6) is -0.619. The molecular formula is C12H16N6O2. The van der Waals surface area contributed by atoms with E-state index in [4.69, 9.17) is 0 Å². The molecule has 2 aromatic heterocycles. The van der Waals surface area contributed by atoms with Gasteiger partial charge < -0.3 is 10.6 Å². The van der Waals surface area contributed by atoms with Gasteiger partial charge in [-0.25, -0.2) is 0 Å². The predicted molar refractivity (Wildman–Crippen MR) is 72.2 cm³/mol. The number of hydrogen-bond donors (Lipinski definition) is 2. The minimum Gasteiger partial charge on any atom is -0.354 e. The largest absolute Gasteiger partial charge is 0.354 e. The van der Waals surface area contributed by atoms with Gasteiger partial charge in [0.2, 0.25) is 5.91 Å². The maximum Gasteiger partial charge on any atom is 0.273 e. The summed E-state index contributed by atoms with van der Waals surface area (Å²) < 4.78 is 3.05. The van der Waals surface area contributed by atoms with Crippen LogP contribution in [0.4, 0.5) is 5.69 Å². The van der Waals surface area contributed by atoms with E-state index in [0.717, 1.165) is 5.69 Å². The van der Waals surface area contributed by atoms with E-state index in [9.17, 15) is 9.59 Å². The lowest BCUT2D eigenvalue weighted by molar-refractivity contribution is -0.116. The van der Waals surface area contributed by atoms with Gasteiger partial charge >= 0.3 is 0 Å². The monoisotopic (exact) mass is 276 g/mol. The van der Waals surface area contributed by atoms with E-state index in [0.29, 0.717) is 5.69 Å². The minimum atomic E-state index is -0.351. The summed E-state index contributed by atoms with van der Waals surface area (Å²) in [6.07, 6.45) is 3.21. The first-order valence-corrected chi connectivity index (χ1v) is 6.05. The standard InChI is InChI=1S/C12H16N6O2/c1-8-4-5-14-18(8)7-10(19)15-9-6-17(3)16-11(9)12(20)13-2/h4-6H,7H2,1-3H3,(H,13,20)(H,15,19). The molecule has 0 saturated heterocycles. The molecule has 2 amide bonds. The minimum absolute atomic E-state index is 0.0842. The van der Waals surface area contributed by atoms with Gasteiger partial charge in [0.25, 0.3) is 5.91 Å². The van der Waals surface area contributed by atoms with E-state index in [1.165, 1.54) is 11.7 Å². The number of anilines is 1. The Hall–Kier alpha value is -2.64. The van der Waals surface area contributed by atoms with Crippen LogP contribution in [0, 0.1) is 6.92 Å². The summed E-state index contributed by atoms with van der Waals surface area (Å²) in [7, 11) is 3.19. The lowest BCUT2D eigenvalue weighted by atomic mass is 10.3. The Morgan fingerprint density at radius 2 is 2.15 bits per heavy atom. The molecule has 0 saturated carbocycles. The highest BCUT2D eigenvalue weighted by Crippen LogP contribution is 2.13. The van der Waals surface area contributed by atoms with Crippen molar-refractivity contribution in [2.45, 2.75) is 13.5 Å². The van der Waals surface area contributed by atoms with Crippen LogP contribution in [-0.4, -0.2) is 38.4 Å². The first-order chi connectivity index (χ1) is 9.51. The second kappa shape index (κ2) is 5.55. The van der Waals surface area contributed by atoms with Crippen molar-refractivity contribution >= 4 is 17.5 Å². The molecule has 20 heavy (non-hydrogen) atoms. The average Bonchev–Trinajstić information content (AvgIpc) is 2.95. The first kappa shape index (κ1) is 13.8. The molecule has 2 rings (SSSR count). The van der Waals surface area contributed by atoms with E-state index in [1.807, 2.05) is 13.0 Å². The molecule has 8 nitrogen and oxygen atoms in total. The zero-order valence-electron chi connectivity index (χ0n) is 11.5. The van der Waals surface area contributed by atoms with Crippen LogP contribution in [0.3, 0.4) is 0 Å². The summed E-state index contributed by atoms with van der Waals surface area (Å²) in [5, 5.41) is 13.2. The van der Waals surface area contributed by atoms with Gasteiger partial charge in [-0.3, -0.25) is 19.0 Å². The Morgan fingerprint density at radius 1 is 1.40 bits per heavy atom. The molecule has 2 N–H and O–H groups in total. The van der Waals surface area contributed by atoms with Crippen molar-refractivity contribution in [2.75, 3.05) is 12.4 Å². The first-order valence-electron chi connectivity index (χ1n) is 6.05. The van der Waals surface area contributed by atoms with Gasteiger partial charge in [0.15, 0.2) is 5.69 Å². The fourth-order valence-corrected chi connectivity index (χ4v) is 1.76. The van der Waals surface area contributed by atoms with Crippen LogP contribution in [-0.2, 0) is 18.4 Å². The Bertz CT molecular complexity index is 642. The molecule has 0 spiro atoms. The molecule has 0 aromatic carbocycles. The van der Waals surface area contributed by atoms with Crippen LogP contribution in [0.25, 0.3) is 0 Å². The molecule has 2 heterocycles. The van der Waals surface area contributed by atoms with Crippen molar-refractivity contribution in [3.05, 3.63) is 29.8 Å². The second-order valence-electron chi connectivity index (χ2n) is 4.32. The molecule has 0 aliphatic heterocycles. The molecule has 0 atom stereocenters. The summed E-state index contributed by atoms with van der Waals surface area (Å²) in [6.45, 7) is 1.95. The molecule has 0 fully saturated rings. The van der Waals surface area contributed by atoms with Crippen molar-refractivity contribution < 1.29 is 9.59 Å². The highest BCUT2D eigenvalue weighted by atomic mass is 16.2. The smallest absolute Gasteiger partial charge is 0.273 e. The van der Waals surface area contributed by atoms with Crippen molar-refractivity contribution in [1.82, 2.24) is 24.9 Å². The predicted octanol–water partition coefficient (Wildman–Crippen LogP) is -0.0767. The number of carbonyl (C=O) groups excluding carboxylic acids is 2. The fraction of sp³-hybridized carbons (Fsp3) is 0.333. The number of nitrogens with zero attached hydrogens (tertiary/aromatic N) is 4. The van der Waals surface area contributed by atoms with Crippen LogP contribution in [0.5, 0.6) is 0 Å². The second-order valence-corrected chi connectivity index (χ2v) is 4.32. The van der Waals surface area contributed by atoms with Gasteiger partial charge in [-0.05, 0) is 13.0 Å². The molecule has 0 bridgehead atoms. The fourth-order valence-electron chi connectivity index (χ4n) is 1.76. The van der Waals surface area contributed by atoms with Crippen molar-refractivity contribution in [3.63, 3.8) is 0 Å². The lowest BCUT2D eigenvalue weighted by Crippen LogP contribution is -2.24. The third kappa shape index (κ3) is 2.85. The number of carbonyl (C=O) groups is 2. The van der Waals surface area contributed by atoms with Crippen LogP contribution >= 0.6 is 0 Å². The lowest BCUT2D eigenvalue weighted by Gasteiger charge is -2.06. The van der Waals surface area contributed by atoms with Gasteiger partial charge in [-0.1, -0.05) is 0 Å². The molecule has 106 valence electrons. The van der Waals surface area contributed by atoms with Gasteiger partial charge in [-0.15, -0.1) is 0 Å². The van der Waals surface area contributed by atoms with E-state index >= 15 is 0 Å². The van der Waals surface area contributed by atoms with Crippen LogP contribution in [0.15, 0.2) is 18.5 Å². The summed E-state index contributed by atoms with van der Waals surface area (Å²) >= 11 is 0. The maximum atomic E-state index is 12.0. The number of aromatic nitrogens is 4. The molecule has 8 heteroatoms. The van der Waals surface area contributed by atoms with Crippen LogP contribution < -0.4 is 10.6 Å². The Labute approximate surface area is 115 Å². The Balaban J connectivity index is 2.12. The topological polar surface area (TPSA) is 93.8 Å². The number of amides is 2. The quantitative estimate of drug-likeness (QED) is 0.817. The normalized spacial score (nSPS) is 10.3. The molecule has 0 aliphatic rings. The van der Waals surface area contributed by atoms with Gasteiger partial charge in [-0.2, -0.15) is 10.2 Å². The zero-order chi connectivity index (χ0) is 14.7. The highest BCUT2D eigenvalue weighted by molar-refractivity contribution is 6.02. The molecule has 0 aliphatic carbocycles. The third-order valence-electron chi connectivity index (χ3n) is 2.77. The number of nitrogens with one attached hydrogen (secondary N) is 2. The van der Waals surface area contributed by atoms with Crippen LogP contribution in [0.2, 0.25) is 0 Å². The van der Waals surface area contributed by atoms with E-state index in [1.54, 1.807) is 24.1 Å². The van der Waals surface area contributed by atoms with Crippen molar-refractivity contribution in [3.8, 4) is 0 Å².